The van der Waals surface area contributed by atoms with Gasteiger partial charge in [-0.1, -0.05) is 11.2 Å². The van der Waals surface area contributed by atoms with Crippen LogP contribution in [0.4, 0.5) is 0 Å². The molecule has 1 aliphatic rings. The molecule has 0 saturated heterocycles. The Morgan fingerprint density at radius 2 is 2.13 bits per heavy atom. The van der Waals surface area contributed by atoms with Gasteiger partial charge < -0.3 is 0 Å². The van der Waals surface area contributed by atoms with Crippen molar-refractivity contribution in [1.82, 2.24) is 0 Å². The second kappa shape index (κ2) is 6.25. The van der Waals surface area contributed by atoms with E-state index in [0.29, 0.717) is 5.92 Å². The predicted molar refractivity (Wildman–Crippen MR) is 59.3 cm³/mol. The van der Waals surface area contributed by atoms with Crippen molar-refractivity contribution in [2.24, 2.45) is 11.0 Å². The number of aldehydes is 1. The molecular weight excluding hydrogens is 190 g/mol. The van der Waals surface area contributed by atoms with E-state index in [0.717, 1.165) is 44.0 Å². The van der Waals surface area contributed by atoms with Crippen molar-refractivity contribution in [1.29, 1.82) is 0 Å². The minimum Gasteiger partial charge on any atom is -0.298 e. The molecule has 1 rings (SSSR count). The summed E-state index contributed by atoms with van der Waals surface area (Å²) in [6, 6.07) is 0.197. The Hall–Kier alpha value is -1.28. The molecule has 4 heteroatoms. The van der Waals surface area contributed by atoms with Crippen LogP contribution in [0.3, 0.4) is 0 Å². The zero-order valence-electron chi connectivity index (χ0n) is 9.09. The van der Waals surface area contributed by atoms with Crippen molar-refractivity contribution in [3.63, 3.8) is 0 Å². The van der Waals surface area contributed by atoms with E-state index in [9.17, 15) is 4.79 Å². The van der Waals surface area contributed by atoms with Gasteiger partial charge in [0.2, 0.25) is 0 Å². The third-order valence-electron chi connectivity index (χ3n) is 2.99. The minimum absolute atomic E-state index is 0.197. The second-order valence-electron chi connectivity index (χ2n) is 4.18. The molecule has 82 valence electrons. The van der Waals surface area contributed by atoms with E-state index in [-0.39, 0.29) is 6.04 Å². The van der Waals surface area contributed by atoms with Gasteiger partial charge in [-0.2, -0.15) is 0 Å². The lowest BCUT2D eigenvalue weighted by Crippen LogP contribution is -2.16. The quantitative estimate of drug-likeness (QED) is 0.229. The highest BCUT2D eigenvalue weighted by Gasteiger charge is 2.19. The lowest BCUT2D eigenvalue weighted by molar-refractivity contribution is -0.104. The van der Waals surface area contributed by atoms with Crippen LogP contribution in [-0.2, 0) is 4.79 Å². The summed E-state index contributed by atoms with van der Waals surface area (Å²) in [5, 5.41) is 3.74. The molecule has 4 nitrogen and oxygen atoms in total. The highest BCUT2D eigenvalue weighted by Crippen LogP contribution is 2.29. The SMILES string of the molecule is C/C(C=O)=C\C[C@H]1CC[C@@H](N=[N+]=[N-])CC1. The van der Waals surface area contributed by atoms with Crippen molar-refractivity contribution in [3.8, 4) is 0 Å². The van der Waals surface area contributed by atoms with E-state index in [4.69, 9.17) is 5.53 Å². The molecule has 1 aliphatic carbocycles. The van der Waals surface area contributed by atoms with Crippen molar-refractivity contribution >= 4 is 6.29 Å². The Morgan fingerprint density at radius 3 is 2.67 bits per heavy atom. The molecule has 0 amide bonds. The number of carbonyl (C=O) groups excluding carboxylic acids is 1. The molecule has 0 aromatic heterocycles. The molecule has 0 spiro atoms. The first-order chi connectivity index (χ1) is 7.26. The Bertz CT molecular complexity index is 284. The number of nitrogens with zero attached hydrogens (tertiary/aromatic N) is 3. The second-order valence-corrected chi connectivity index (χ2v) is 4.18. The highest BCUT2D eigenvalue weighted by molar-refractivity contribution is 5.71. The molecule has 1 fully saturated rings. The van der Waals surface area contributed by atoms with Crippen molar-refractivity contribution in [2.45, 2.75) is 45.1 Å². The van der Waals surface area contributed by atoms with E-state index in [1.807, 2.05) is 13.0 Å². The Morgan fingerprint density at radius 1 is 1.47 bits per heavy atom. The van der Waals surface area contributed by atoms with Gasteiger partial charge in [0, 0.05) is 11.0 Å². The Balaban J connectivity index is 2.31. The van der Waals surface area contributed by atoms with Crippen molar-refractivity contribution in [3.05, 3.63) is 22.1 Å². The fraction of sp³-hybridized carbons (Fsp3) is 0.727. The van der Waals surface area contributed by atoms with Gasteiger partial charge >= 0.3 is 0 Å². The van der Waals surface area contributed by atoms with Gasteiger partial charge in [-0.3, -0.25) is 4.79 Å². The minimum atomic E-state index is 0.197. The fourth-order valence-electron chi connectivity index (χ4n) is 1.97. The third-order valence-corrected chi connectivity index (χ3v) is 2.99. The summed E-state index contributed by atoms with van der Waals surface area (Å²) in [5.74, 6) is 0.657. The lowest BCUT2D eigenvalue weighted by Gasteiger charge is -2.24. The van der Waals surface area contributed by atoms with Crippen LogP contribution in [0.25, 0.3) is 10.4 Å². The predicted octanol–water partition coefficient (Wildman–Crippen LogP) is 3.39. The molecule has 0 aromatic rings. The maximum Gasteiger partial charge on any atom is 0.145 e. The van der Waals surface area contributed by atoms with Crippen LogP contribution in [0.1, 0.15) is 39.0 Å². The number of hydrogen-bond donors (Lipinski definition) is 0. The summed E-state index contributed by atoms with van der Waals surface area (Å²) in [4.78, 5) is 13.2. The van der Waals surface area contributed by atoms with Crippen LogP contribution in [0, 0.1) is 5.92 Å². The van der Waals surface area contributed by atoms with E-state index in [2.05, 4.69) is 10.0 Å². The van der Waals surface area contributed by atoms with Crippen LogP contribution >= 0.6 is 0 Å². The number of allylic oxidation sites excluding steroid dienone is 2. The number of carbonyl (C=O) groups is 1. The van der Waals surface area contributed by atoms with E-state index in [1.54, 1.807) is 0 Å². The molecule has 15 heavy (non-hydrogen) atoms. The average molecular weight is 207 g/mol. The first-order valence-corrected chi connectivity index (χ1v) is 5.42. The number of hydrogen-bond acceptors (Lipinski definition) is 2. The van der Waals surface area contributed by atoms with Crippen molar-refractivity contribution < 1.29 is 4.79 Å². The van der Waals surface area contributed by atoms with Crippen LogP contribution in [0.15, 0.2) is 16.8 Å². The monoisotopic (exact) mass is 207 g/mol. The van der Waals surface area contributed by atoms with Gasteiger partial charge in [0.05, 0.1) is 0 Å². The van der Waals surface area contributed by atoms with E-state index >= 15 is 0 Å². The zero-order valence-corrected chi connectivity index (χ0v) is 9.09. The smallest absolute Gasteiger partial charge is 0.145 e. The van der Waals surface area contributed by atoms with Gasteiger partial charge in [-0.15, -0.1) is 0 Å². The van der Waals surface area contributed by atoms with E-state index < -0.39 is 0 Å². The molecule has 0 aromatic carbocycles. The molecule has 0 unspecified atom stereocenters. The van der Waals surface area contributed by atoms with Crippen LogP contribution in [0.2, 0.25) is 0 Å². The van der Waals surface area contributed by atoms with Gasteiger partial charge in [0.25, 0.3) is 0 Å². The molecule has 0 bridgehead atoms. The molecule has 1 saturated carbocycles. The summed E-state index contributed by atoms with van der Waals surface area (Å²) in [5.41, 5.74) is 9.11. The summed E-state index contributed by atoms with van der Waals surface area (Å²) in [7, 11) is 0. The maximum atomic E-state index is 10.4. The molecule has 0 heterocycles. The zero-order chi connectivity index (χ0) is 11.1. The normalized spacial score (nSPS) is 26.9. The van der Waals surface area contributed by atoms with Crippen molar-refractivity contribution in [2.75, 3.05) is 0 Å². The van der Waals surface area contributed by atoms with Gasteiger partial charge in [-0.25, -0.2) is 0 Å². The van der Waals surface area contributed by atoms with Gasteiger partial charge in [0.15, 0.2) is 0 Å². The van der Waals surface area contributed by atoms with Crippen LogP contribution in [-0.4, -0.2) is 12.3 Å². The summed E-state index contributed by atoms with van der Waals surface area (Å²) >= 11 is 0. The average Bonchev–Trinajstić information content (AvgIpc) is 2.28. The molecule has 0 atom stereocenters. The summed E-state index contributed by atoms with van der Waals surface area (Å²) in [6.07, 6.45) is 8.06. The van der Waals surface area contributed by atoms with E-state index in [1.165, 1.54) is 0 Å². The molecule has 0 radical (unpaired) electrons. The van der Waals surface area contributed by atoms with Crippen LogP contribution in [0.5, 0.6) is 0 Å². The molecular formula is C11H17N3O. The first-order valence-electron chi connectivity index (χ1n) is 5.42. The number of azide groups is 1. The fourth-order valence-corrected chi connectivity index (χ4v) is 1.97. The topological polar surface area (TPSA) is 65.8 Å². The highest BCUT2D eigenvalue weighted by atomic mass is 16.1. The van der Waals surface area contributed by atoms with Gasteiger partial charge in [0.1, 0.15) is 6.29 Å². The molecule has 0 aliphatic heterocycles. The lowest BCUT2D eigenvalue weighted by atomic mass is 9.84. The summed E-state index contributed by atoms with van der Waals surface area (Å²) < 4.78 is 0. The Kier molecular flexibility index (Phi) is 4.91. The Labute approximate surface area is 90.0 Å². The maximum absolute atomic E-state index is 10.4. The van der Waals surface area contributed by atoms with Crippen LogP contribution < -0.4 is 0 Å². The summed E-state index contributed by atoms with van der Waals surface area (Å²) in [6.45, 7) is 1.83. The standard InChI is InChI=1S/C11H17N3O/c1-9(8-15)2-3-10-4-6-11(7-5-10)13-14-12/h2,8,10-11H,3-7H2,1H3/b9-2+/t10-,11+. The first kappa shape index (κ1) is 11.8. The molecule has 0 N–H and O–H groups in total. The largest absolute Gasteiger partial charge is 0.298 e. The van der Waals surface area contributed by atoms with Gasteiger partial charge in [-0.05, 0) is 56.0 Å². The third kappa shape index (κ3) is 4.17. The number of rotatable bonds is 4.